The van der Waals surface area contributed by atoms with E-state index in [1.54, 1.807) is 66.7 Å². The van der Waals surface area contributed by atoms with Crippen LogP contribution in [0.25, 0.3) is 0 Å². The maximum atomic E-state index is 13.3. The van der Waals surface area contributed by atoms with E-state index in [1.807, 2.05) is 54.6 Å². The molecule has 5 amide bonds. The lowest BCUT2D eigenvalue weighted by atomic mass is 9.83. The zero-order chi connectivity index (χ0) is 35.8. The molecule has 3 N–H and O–H groups in total. The van der Waals surface area contributed by atoms with Gasteiger partial charge >= 0.3 is 24.2 Å². The molecule has 2 atom stereocenters. The normalized spacial score (nSPS) is 14.7. The Morgan fingerprint density at radius 3 is 1.57 bits per heavy atom. The first-order valence-corrected chi connectivity index (χ1v) is 16.3. The lowest BCUT2D eigenvalue weighted by molar-refractivity contribution is -0.170. The first-order valence-electron chi connectivity index (χ1n) is 16.3. The molecule has 1 aliphatic rings. The van der Waals surface area contributed by atoms with Crippen LogP contribution in [0.15, 0.2) is 126 Å². The lowest BCUT2D eigenvalue weighted by Gasteiger charge is -2.43. The minimum absolute atomic E-state index is 0.0156. The molecule has 0 unspecified atom stereocenters. The maximum absolute atomic E-state index is 13.3. The number of urea groups is 1. The summed E-state index contributed by atoms with van der Waals surface area (Å²) in [6, 6.07) is 33.8. The zero-order valence-corrected chi connectivity index (χ0v) is 27.6. The van der Waals surface area contributed by atoms with Crippen molar-refractivity contribution in [3.8, 4) is 0 Å². The maximum Gasteiger partial charge on any atom is 0.414 e. The topological polar surface area (TPSA) is 165 Å². The Labute approximate surface area is 294 Å². The molecule has 13 heteroatoms. The Balaban J connectivity index is 1.21. The molecule has 0 spiro atoms. The molecule has 4 aromatic rings. The summed E-state index contributed by atoms with van der Waals surface area (Å²) in [6.45, 7) is -0.0351. The number of amides is 5. The van der Waals surface area contributed by atoms with Gasteiger partial charge < -0.3 is 19.5 Å². The molecule has 5 rings (SSSR count). The van der Waals surface area contributed by atoms with Gasteiger partial charge in [0.05, 0.1) is 5.92 Å². The van der Waals surface area contributed by atoms with Gasteiger partial charge in [-0.05, 0) is 41.7 Å². The lowest BCUT2D eigenvalue weighted by Crippen LogP contribution is -2.67. The Hall–Kier alpha value is -6.50. The van der Waals surface area contributed by atoms with Crippen LogP contribution in [-0.4, -0.2) is 53.5 Å². The standard InChI is InChI=1S/C38H37N5O8/c44-33-31(32(34(45)49-24-27-14-5-1-6-15-27)43(33)36(46)40-30-20-11-4-12-21-30)22-13-23-39-35(41-37(47)50-25-28-16-7-2-8-17-28)42-38(48)51-26-29-18-9-3-10-19-29/h1-12,14-21,31-32H,13,22-26H2,(H,40,46)(H2,39,41,42,47,48)/t31-,32+/m1/s1. The summed E-state index contributed by atoms with van der Waals surface area (Å²) < 4.78 is 16.0. The van der Waals surface area contributed by atoms with E-state index in [-0.39, 0.29) is 45.2 Å². The van der Waals surface area contributed by atoms with Crippen molar-refractivity contribution in [2.24, 2.45) is 10.9 Å². The molecule has 0 radical (unpaired) electrons. The van der Waals surface area contributed by atoms with E-state index in [0.717, 1.165) is 21.6 Å². The highest BCUT2D eigenvalue weighted by molar-refractivity contribution is 6.11. The van der Waals surface area contributed by atoms with Gasteiger partial charge in [-0.15, -0.1) is 0 Å². The third-order valence-corrected chi connectivity index (χ3v) is 7.73. The molecule has 0 saturated carbocycles. The number of likely N-dealkylation sites (tertiary alicyclic amines) is 1. The van der Waals surface area contributed by atoms with Crippen LogP contribution in [0.2, 0.25) is 0 Å². The van der Waals surface area contributed by atoms with E-state index < -0.39 is 42.1 Å². The number of para-hydroxylation sites is 1. The second-order valence-corrected chi connectivity index (χ2v) is 11.4. The molecule has 262 valence electrons. The van der Waals surface area contributed by atoms with E-state index in [2.05, 4.69) is 20.9 Å². The fourth-order valence-corrected chi connectivity index (χ4v) is 5.17. The molecule has 1 saturated heterocycles. The Kier molecular flexibility index (Phi) is 12.9. The van der Waals surface area contributed by atoms with Crippen molar-refractivity contribution in [1.29, 1.82) is 0 Å². The smallest absolute Gasteiger partial charge is 0.414 e. The van der Waals surface area contributed by atoms with Gasteiger partial charge in [0.1, 0.15) is 19.8 Å². The largest absolute Gasteiger partial charge is 0.459 e. The van der Waals surface area contributed by atoms with E-state index in [4.69, 9.17) is 14.2 Å². The van der Waals surface area contributed by atoms with Gasteiger partial charge in [-0.25, -0.2) is 24.1 Å². The molecule has 1 aliphatic heterocycles. The number of imide groups is 1. The van der Waals surface area contributed by atoms with Crippen molar-refractivity contribution in [2.75, 3.05) is 11.9 Å². The average Bonchev–Trinajstić information content (AvgIpc) is 3.15. The Morgan fingerprint density at radius 1 is 0.627 bits per heavy atom. The Morgan fingerprint density at radius 2 is 1.08 bits per heavy atom. The minimum atomic E-state index is -1.16. The van der Waals surface area contributed by atoms with Crippen molar-refractivity contribution in [1.82, 2.24) is 15.5 Å². The van der Waals surface area contributed by atoms with Crippen LogP contribution in [0.1, 0.15) is 29.5 Å². The number of alkyl carbamates (subject to hydrolysis) is 2. The predicted molar refractivity (Wildman–Crippen MR) is 187 cm³/mol. The number of ether oxygens (including phenoxy) is 3. The summed E-state index contributed by atoms with van der Waals surface area (Å²) in [5.74, 6) is -2.35. The van der Waals surface area contributed by atoms with Gasteiger partial charge in [0.25, 0.3) is 0 Å². The molecule has 0 aromatic heterocycles. The van der Waals surface area contributed by atoms with E-state index in [0.29, 0.717) is 5.69 Å². The SMILES string of the molecule is O=C(NC(=NCCC[C@H]1C(=O)N(C(=O)Nc2ccccc2)[C@@H]1C(=O)OCc1ccccc1)NC(=O)OCc1ccccc1)OCc1ccccc1. The van der Waals surface area contributed by atoms with Crippen LogP contribution in [-0.2, 0) is 43.6 Å². The van der Waals surface area contributed by atoms with E-state index in [1.165, 1.54) is 0 Å². The van der Waals surface area contributed by atoms with E-state index >= 15 is 0 Å². The van der Waals surface area contributed by atoms with E-state index in [9.17, 15) is 24.0 Å². The number of rotatable bonds is 12. The molecule has 0 aliphatic carbocycles. The number of hydrogen-bond donors (Lipinski definition) is 3. The van der Waals surface area contributed by atoms with Gasteiger partial charge in [0.2, 0.25) is 11.9 Å². The molecule has 1 fully saturated rings. The van der Waals surface area contributed by atoms with Crippen LogP contribution < -0.4 is 16.0 Å². The fraction of sp³-hybridized carbons (Fsp3) is 0.211. The number of guanidine groups is 1. The number of nitrogens with one attached hydrogen (secondary N) is 3. The number of aliphatic imine (C=N–C) groups is 1. The summed E-state index contributed by atoms with van der Waals surface area (Å²) in [4.78, 5) is 70.0. The molecule has 0 bridgehead atoms. The van der Waals surface area contributed by atoms with Gasteiger partial charge in [0.15, 0.2) is 6.04 Å². The van der Waals surface area contributed by atoms with Crippen LogP contribution in [0.5, 0.6) is 0 Å². The van der Waals surface area contributed by atoms with Crippen molar-refractivity contribution < 1.29 is 38.2 Å². The number of hydrogen-bond acceptors (Lipinski definition) is 9. The summed E-state index contributed by atoms with van der Waals surface area (Å²) in [7, 11) is 0. The quantitative estimate of drug-likeness (QED) is 0.0420. The van der Waals surface area contributed by atoms with Crippen molar-refractivity contribution in [3.63, 3.8) is 0 Å². The number of β-lactam (4-membered cyclic amide) rings is 1. The van der Waals surface area contributed by atoms with Gasteiger partial charge in [-0.3, -0.25) is 20.4 Å². The third-order valence-electron chi connectivity index (χ3n) is 7.73. The number of anilines is 1. The first-order chi connectivity index (χ1) is 24.9. The zero-order valence-electron chi connectivity index (χ0n) is 27.6. The molecule has 4 aromatic carbocycles. The van der Waals surface area contributed by atoms with Crippen molar-refractivity contribution in [2.45, 2.75) is 38.7 Å². The van der Waals surface area contributed by atoms with Gasteiger partial charge in [0, 0.05) is 12.2 Å². The highest BCUT2D eigenvalue weighted by Gasteiger charge is 2.55. The van der Waals surface area contributed by atoms with Crippen LogP contribution in [0, 0.1) is 5.92 Å². The van der Waals surface area contributed by atoms with Gasteiger partial charge in [-0.2, -0.15) is 0 Å². The number of esters is 1. The van der Waals surface area contributed by atoms with Crippen molar-refractivity contribution in [3.05, 3.63) is 138 Å². The number of carbonyl (C=O) groups is 5. The molecule has 1 heterocycles. The number of benzene rings is 4. The first kappa shape index (κ1) is 35.8. The minimum Gasteiger partial charge on any atom is -0.459 e. The molecule has 13 nitrogen and oxygen atoms in total. The summed E-state index contributed by atoms with van der Waals surface area (Å²) in [6.07, 6.45) is -1.32. The second-order valence-electron chi connectivity index (χ2n) is 11.4. The summed E-state index contributed by atoms with van der Waals surface area (Å²) in [5.41, 5.74) is 2.73. The van der Waals surface area contributed by atoms with Crippen LogP contribution >= 0.6 is 0 Å². The monoisotopic (exact) mass is 691 g/mol. The predicted octanol–water partition coefficient (Wildman–Crippen LogP) is 5.78. The van der Waals surface area contributed by atoms with Gasteiger partial charge in [-0.1, -0.05) is 109 Å². The molecular weight excluding hydrogens is 654 g/mol. The number of nitrogens with zero attached hydrogens (tertiary/aromatic N) is 2. The second kappa shape index (κ2) is 18.3. The van der Waals surface area contributed by atoms with Crippen molar-refractivity contribution >= 4 is 41.7 Å². The summed E-state index contributed by atoms with van der Waals surface area (Å²) >= 11 is 0. The fourth-order valence-electron chi connectivity index (χ4n) is 5.17. The highest BCUT2D eigenvalue weighted by Crippen LogP contribution is 2.33. The highest BCUT2D eigenvalue weighted by atomic mass is 16.6. The Bertz CT molecular complexity index is 1750. The summed E-state index contributed by atoms with van der Waals surface area (Å²) in [5, 5.41) is 7.49. The van der Waals surface area contributed by atoms with Crippen LogP contribution in [0.3, 0.4) is 0 Å². The molecular formula is C38H37N5O8. The third kappa shape index (κ3) is 10.7. The number of carbonyl (C=O) groups excluding carboxylic acids is 5. The van der Waals surface area contributed by atoms with Crippen LogP contribution in [0.4, 0.5) is 20.1 Å². The molecule has 51 heavy (non-hydrogen) atoms. The average molecular weight is 692 g/mol.